The molecule has 3 aliphatic rings. The van der Waals surface area contributed by atoms with Crippen molar-refractivity contribution in [2.45, 2.75) is 58.3 Å². The quantitative estimate of drug-likeness (QED) is 0.519. The summed E-state index contributed by atoms with van der Waals surface area (Å²) in [6.45, 7) is 6.74. The van der Waals surface area contributed by atoms with Crippen LogP contribution in [-0.2, 0) is 4.79 Å². The minimum atomic E-state index is 0.0850. The lowest BCUT2D eigenvalue weighted by Crippen LogP contribution is -2.51. The molecule has 1 amide bonds. The van der Waals surface area contributed by atoms with Crippen LogP contribution in [0.25, 0.3) is 0 Å². The Morgan fingerprint density at radius 3 is 2.76 bits per heavy atom. The van der Waals surface area contributed by atoms with Crippen LogP contribution in [-0.4, -0.2) is 61.2 Å². The van der Waals surface area contributed by atoms with Crippen molar-refractivity contribution in [1.82, 2.24) is 15.5 Å². The average Bonchev–Trinajstić information content (AvgIpc) is 3.20. The van der Waals surface area contributed by atoms with E-state index in [4.69, 9.17) is 4.99 Å². The highest BCUT2D eigenvalue weighted by molar-refractivity contribution is 5.81. The number of hydrogen-bond acceptors (Lipinski definition) is 3. The van der Waals surface area contributed by atoms with Crippen LogP contribution in [0.15, 0.2) is 4.99 Å². The van der Waals surface area contributed by atoms with E-state index in [0.717, 1.165) is 57.9 Å². The molecule has 2 saturated heterocycles. The highest BCUT2D eigenvalue weighted by Crippen LogP contribution is 2.41. The molecule has 3 rings (SSSR count). The zero-order valence-electron chi connectivity index (χ0n) is 15.6. The first-order valence-electron chi connectivity index (χ1n) is 10.0. The van der Waals surface area contributed by atoms with E-state index in [9.17, 15) is 9.90 Å². The minimum absolute atomic E-state index is 0.0850. The number of nitrogens with one attached hydrogen (secondary N) is 2. The number of likely N-dealkylation sites (tertiary alicyclic amines) is 1. The van der Waals surface area contributed by atoms with E-state index in [1.807, 2.05) is 0 Å². The summed E-state index contributed by atoms with van der Waals surface area (Å²) in [5.41, 5.74) is 0.273. The van der Waals surface area contributed by atoms with Gasteiger partial charge in [0, 0.05) is 51.2 Å². The topological polar surface area (TPSA) is 77.0 Å². The average molecular weight is 351 g/mol. The zero-order chi connectivity index (χ0) is 17.8. The Morgan fingerprint density at radius 1 is 1.32 bits per heavy atom. The molecule has 3 N–H and O–H groups in total. The standard InChI is InChI=1S/C19H34N4O2/c1-2-20-17(22-13-18(9-11-24)6-3-4-7-18)23-10-5-8-19(15-23)12-16(25)21-14-19/h24H,2-15H2,1H3,(H,20,22)(H,21,25). The highest BCUT2D eigenvalue weighted by atomic mass is 16.3. The third-order valence-corrected chi connectivity index (χ3v) is 6.36. The van der Waals surface area contributed by atoms with Gasteiger partial charge in [0.15, 0.2) is 5.96 Å². The lowest BCUT2D eigenvalue weighted by atomic mass is 9.79. The number of nitrogens with zero attached hydrogens (tertiary/aromatic N) is 2. The Balaban J connectivity index is 1.70. The third-order valence-electron chi connectivity index (χ3n) is 6.36. The summed E-state index contributed by atoms with van der Waals surface area (Å²) >= 11 is 0. The molecule has 2 aliphatic heterocycles. The number of aliphatic hydroxyl groups excluding tert-OH is 1. The Bertz CT molecular complexity index is 502. The fourth-order valence-electron chi connectivity index (χ4n) is 4.95. The maximum Gasteiger partial charge on any atom is 0.220 e. The van der Waals surface area contributed by atoms with Crippen molar-refractivity contribution in [1.29, 1.82) is 0 Å². The van der Waals surface area contributed by atoms with E-state index >= 15 is 0 Å². The molecule has 0 radical (unpaired) electrons. The van der Waals surface area contributed by atoms with Gasteiger partial charge in [-0.1, -0.05) is 12.8 Å². The third kappa shape index (κ3) is 4.27. The van der Waals surface area contributed by atoms with Crippen LogP contribution in [0.1, 0.15) is 58.3 Å². The number of piperidine rings is 1. The van der Waals surface area contributed by atoms with E-state index < -0.39 is 0 Å². The molecule has 0 aromatic carbocycles. The summed E-state index contributed by atoms with van der Waals surface area (Å²) in [7, 11) is 0. The summed E-state index contributed by atoms with van der Waals surface area (Å²) < 4.78 is 0. The number of aliphatic hydroxyl groups is 1. The van der Waals surface area contributed by atoms with Crippen LogP contribution in [0.3, 0.4) is 0 Å². The fourth-order valence-corrected chi connectivity index (χ4v) is 4.95. The second-order valence-electron chi connectivity index (χ2n) is 8.33. The van der Waals surface area contributed by atoms with Crippen LogP contribution >= 0.6 is 0 Å². The number of carbonyl (C=O) groups is 1. The summed E-state index contributed by atoms with van der Waals surface area (Å²) in [4.78, 5) is 19.1. The van der Waals surface area contributed by atoms with Gasteiger partial charge in [-0.25, -0.2) is 0 Å². The molecule has 0 bridgehead atoms. The molecule has 2 heterocycles. The number of amides is 1. The van der Waals surface area contributed by atoms with Crippen LogP contribution < -0.4 is 10.6 Å². The highest BCUT2D eigenvalue weighted by Gasteiger charge is 2.42. The maximum absolute atomic E-state index is 11.7. The monoisotopic (exact) mass is 350 g/mol. The Morgan fingerprint density at radius 2 is 2.12 bits per heavy atom. The molecule has 25 heavy (non-hydrogen) atoms. The second kappa shape index (κ2) is 7.94. The number of hydrogen-bond donors (Lipinski definition) is 3. The Labute approximate surface area is 151 Å². The van der Waals surface area contributed by atoms with E-state index in [1.54, 1.807) is 0 Å². The van der Waals surface area contributed by atoms with Gasteiger partial charge in [0.1, 0.15) is 0 Å². The molecule has 6 heteroatoms. The predicted octanol–water partition coefficient (Wildman–Crippen LogP) is 1.50. The minimum Gasteiger partial charge on any atom is -0.396 e. The van der Waals surface area contributed by atoms with Gasteiger partial charge < -0.3 is 20.6 Å². The van der Waals surface area contributed by atoms with Crippen molar-refractivity contribution < 1.29 is 9.90 Å². The SMILES string of the molecule is CCNC(=NCC1(CCO)CCCC1)N1CCCC2(CNC(=O)C2)C1. The lowest BCUT2D eigenvalue weighted by molar-refractivity contribution is -0.119. The van der Waals surface area contributed by atoms with Crippen molar-refractivity contribution in [3.8, 4) is 0 Å². The van der Waals surface area contributed by atoms with Gasteiger partial charge >= 0.3 is 0 Å². The first-order chi connectivity index (χ1) is 12.1. The molecule has 1 unspecified atom stereocenters. The van der Waals surface area contributed by atoms with Crippen LogP contribution in [0.2, 0.25) is 0 Å². The number of carbonyl (C=O) groups excluding carboxylic acids is 1. The van der Waals surface area contributed by atoms with E-state index in [0.29, 0.717) is 6.42 Å². The summed E-state index contributed by atoms with van der Waals surface area (Å²) in [6, 6.07) is 0. The maximum atomic E-state index is 11.7. The molecule has 1 saturated carbocycles. The van der Waals surface area contributed by atoms with Crippen molar-refractivity contribution in [2.75, 3.05) is 39.3 Å². The van der Waals surface area contributed by atoms with E-state index in [-0.39, 0.29) is 23.3 Å². The molecule has 1 aliphatic carbocycles. The summed E-state index contributed by atoms with van der Waals surface area (Å²) in [5.74, 6) is 1.18. The predicted molar refractivity (Wildman–Crippen MR) is 99.4 cm³/mol. The van der Waals surface area contributed by atoms with Gasteiger partial charge in [0.2, 0.25) is 5.91 Å². The zero-order valence-corrected chi connectivity index (χ0v) is 15.6. The van der Waals surface area contributed by atoms with E-state index in [1.165, 1.54) is 25.7 Å². The van der Waals surface area contributed by atoms with Crippen LogP contribution in [0.5, 0.6) is 0 Å². The Hall–Kier alpha value is -1.30. The number of guanidine groups is 1. The van der Waals surface area contributed by atoms with Gasteiger partial charge in [-0.05, 0) is 44.4 Å². The van der Waals surface area contributed by atoms with Gasteiger partial charge in [0.25, 0.3) is 0 Å². The molecule has 6 nitrogen and oxygen atoms in total. The fraction of sp³-hybridized carbons (Fsp3) is 0.895. The number of rotatable bonds is 5. The molecule has 1 atom stereocenters. The molecular weight excluding hydrogens is 316 g/mol. The molecule has 1 spiro atoms. The van der Waals surface area contributed by atoms with Gasteiger partial charge in [-0.2, -0.15) is 0 Å². The first-order valence-corrected chi connectivity index (χ1v) is 10.0. The normalized spacial score (nSPS) is 29.3. The summed E-state index contributed by atoms with van der Waals surface area (Å²) in [6.07, 6.45) is 8.61. The molecule has 3 fully saturated rings. The van der Waals surface area contributed by atoms with Crippen LogP contribution in [0, 0.1) is 10.8 Å². The van der Waals surface area contributed by atoms with E-state index in [2.05, 4.69) is 22.5 Å². The van der Waals surface area contributed by atoms with Crippen LogP contribution in [0.4, 0.5) is 0 Å². The molecule has 0 aromatic heterocycles. The van der Waals surface area contributed by atoms with Crippen molar-refractivity contribution >= 4 is 11.9 Å². The largest absolute Gasteiger partial charge is 0.396 e. The van der Waals surface area contributed by atoms with Gasteiger partial charge in [-0.15, -0.1) is 0 Å². The van der Waals surface area contributed by atoms with Gasteiger partial charge in [0.05, 0.1) is 0 Å². The lowest BCUT2D eigenvalue weighted by Gasteiger charge is -2.41. The van der Waals surface area contributed by atoms with Gasteiger partial charge in [-0.3, -0.25) is 9.79 Å². The van der Waals surface area contributed by atoms with Crippen molar-refractivity contribution in [3.63, 3.8) is 0 Å². The first kappa shape index (κ1) is 18.5. The van der Waals surface area contributed by atoms with Crippen molar-refractivity contribution in [3.05, 3.63) is 0 Å². The smallest absolute Gasteiger partial charge is 0.220 e. The Kier molecular flexibility index (Phi) is 5.87. The van der Waals surface area contributed by atoms with Crippen molar-refractivity contribution in [2.24, 2.45) is 15.8 Å². The summed E-state index contributed by atoms with van der Waals surface area (Å²) in [5, 5.41) is 15.9. The second-order valence-corrected chi connectivity index (χ2v) is 8.33. The molecule has 142 valence electrons. The molecule has 0 aromatic rings. The number of aliphatic imine (C=N–C) groups is 1. The molecular formula is C19H34N4O2.